The van der Waals surface area contributed by atoms with Gasteiger partial charge in [-0.15, -0.1) is 0 Å². The van der Waals surface area contributed by atoms with E-state index in [9.17, 15) is 4.79 Å². The first-order valence-electron chi connectivity index (χ1n) is 5.57. The molecule has 3 N–H and O–H groups in total. The van der Waals surface area contributed by atoms with Gasteiger partial charge in [-0.3, -0.25) is 4.68 Å². The summed E-state index contributed by atoms with van der Waals surface area (Å²) in [6.07, 6.45) is 1.26. The van der Waals surface area contributed by atoms with Crippen LogP contribution in [0.15, 0.2) is 12.3 Å². The van der Waals surface area contributed by atoms with Gasteiger partial charge in [0.05, 0.1) is 23.1 Å². The fourth-order valence-corrected chi connectivity index (χ4v) is 1.69. The third-order valence-corrected chi connectivity index (χ3v) is 2.79. The molecule has 0 saturated heterocycles. The van der Waals surface area contributed by atoms with Gasteiger partial charge in [0.1, 0.15) is 5.69 Å². The van der Waals surface area contributed by atoms with E-state index in [4.69, 9.17) is 15.6 Å². The third-order valence-electron chi connectivity index (χ3n) is 2.79. The van der Waals surface area contributed by atoms with Crippen molar-refractivity contribution >= 4 is 11.7 Å². The van der Waals surface area contributed by atoms with Crippen LogP contribution >= 0.6 is 0 Å². The number of nitrogens with two attached hydrogens (primary N) is 1. The highest BCUT2D eigenvalue weighted by Gasteiger charge is 2.15. The topological polar surface area (TPSA) is 103 Å². The number of pyridine rings is 1. The SMILES string of the molecule is Cc1nn(C)c(C)c1Oc1cc(C(=O)O)c(N)cn1. The molecule has 0 aliphatic heterocycles. The molecule has 0 spiro atoms. The number of hydrogen-bond donors (Lipinski definition) is 2. The highest BCUT2D eigenvalue weighted by Crippen LogP contribution is 2.28. The lowest BCUT2D eigenvalue weighted by Crippen LogP contribution is -2.04. The fourth-order valence-electron chi connectivity index (χ4n) is 1.69. The summed E-state index contributed by atoms with van der Waals surface area (Å²) in [6.45, 7) is 3.66. The first-order chi connectivity index (χ1) is 8.90. The lowest BCUT2D eigenvalue weighted by Gasteiger charge is -2.07. The average molecular weight is 262 g/mol. The quantitative estimate of drug-likeness (QED) is 0.868. The zero-order valence-electron chi connectivity index (χ0n) is 10.8. The van der Waals surface area contributed by atoms with E-state index in [0.717, 1.165) is 5.69 Å². The highest BCUT2D eigenvalue weighted by atomic mass is 16.5. The van der Waals surface area contributed by atoms with Crippen LogP contribution in [0.3, 0.4) is 0 Å². The van der Waals surface area contributed by atoms with Crippen LogP contribution in [-0.4, -0.2) is 25.8 Å². The molecule has 0 aliphatic rings. The summed E-state index contributed by atoms with van der Waals surface area (Å²) in [5, 5.41) is 13.2. The van der Waals surface area contributed by atoms with Crippen molar-refractivity contribution in [3.8, 4) is 11.6 Å². The second-order valence-electron chi connectivity index (χ2n) is 4.14. The Morgan fingerprint density at radius 3 is 2.68 bits per heavy atom. The van der Waals surface area contributed by atoms with Crippen molar-refractivity contribution in [2.75, 3.05) is 5.73 Å². The van der Waals surface area contributed by atoms with Crippen molar-refractivity contribution in [3.05, 3.63) is 29.2 Å². The van der Waals surface area contributed by atoms with Crippen LogP contribution in [0, 0.1) is 13.8 Å². The molecule has 0 atom stereocenters. The first kappa shape index (κ1) is 12.9. The monoisotopic (exact) mass is 262 g/mol. The van der Waals surface area contributed by atoms with Crippen molar-refractivity contribution in [1.82, 2.24) is 14.8 Å². The second-order valence-corrected chi connectivity index (χ2v) is 4.14. The summed E-state index contributed by atoms with van der Waals surface area (Å²) < 4.78 is 7.27. The molecule has 2 aromatic rings. The van der Waals surface area contributed by atoms with E-state index in [0.29, 0.717) is 11.4 Å². The number of nitrogen functional groups attached to an aromatic ring is 1. The number of aryl methyl sites for hydroxylation is 2. The lowest BCUT2D eigenvalue weighted by molar-refractivity contribution is 0.0697. The van der Waals surface area contributed by atoms with E-state index in [2.05, 4.69) is 10.1 Å². The minimum absolute atomic E-state index is 0.0378. The van der Waals surface area contributed by atoms with Crippen LogP contribution in [0.4, 0.5) is 5.69 Å². The van der Waals surface area contributed by atoms with Crippen molar-refractivity contribution in [1.29, 1.82) is 0 Å². The van der Waals surface area contributed by atoms with Crippen molar-refractivity contribution < 1.29 is 14.6 Å². The number of carboxylic acid groups (broad SMARTS) is 1. The number of carboxylic acids is 1. The minimum Gasteiger partial charge on any atom is -0.478 e. The molecule has 7 heteroatoms. The molecular weight excluding hydrogens is 248 g/mol. The van der Waals surface area contributed by atoms with Gasteiger partial charge < -0.3 is 15.6 Å². The Balaban J connectivity index is 2.39. The summed E-state index contributed by atoms with van der Waals surface area (Å²) in [6, 6.07) is 1.30. The molecule has 2 aromatic heterocycles. The molecule has 0 saturated carbocycles. The van der Waals surface area contributed by atoms with E-state index >= 15 is 0 Å². The molecule has 0 unspecified atom stereocenters. The molecule has 0 fully saturated rings. The number of aromatic nitrogens is 3. The van der Waals surface area contributed by atoms with Gasteiger partial charge in [-0.1, -0.05) is 0 Å². The summed E-state index contributed by atoms with van der Waals surface area (Å²) in [7, 11) is 1.80. The Kier molecular flexibility index (Phi) is 3.12. The molecule has 0 bridgehead atoms. The maximum Gasteiger partial charge on any atom is 0.338 e. The van der Waals surface area contributed by atoms with Crippen molar-refractivity contribution in [3.63, 3.8) is 0 Å². The molecule has 19 heavy (non-hydrogen) atoms. The number of hydrogen-bond acceptors (Lipinski definition) is 5. The number of ether oxygens (including phenoxy) is 1. The maximum atomic E-state index is 11.0. The molecular formula is C12H14N4O3. The average Bonchev–Trinajstić information content (AvgIpc) is 2.58. The lowest BCUT2D eigenvalue weighted by atomic mass is 10.2. The van der Waals surface area contributed by atoms with Gasteiger partial charge in [-0.25, -0.2) is 9.78 Å². The number of rotatable bonds is 3. The minimum atomic E-state index is -1.12. The van der Waals surface area contributed by atoms with Gasteiger partial charge in [0.2, 0.25) is 5.88 Å². The number of nitrogens with zero attached hydrogens (tertiary/aromatic N) is 3. The van der Waals surface area contributed by atoms with E-state index in [1.807, 2.05) is 6.92 Å². The number of anilines is 1. The Morgan fingerprint density at radius 2 is 2.16 bits per heavy atom. The van der Waals surface area contributed by atoms with Crippen LogP contribution in [0.5, 0.6) is 11.6 Å². The Bertz CT molecular complexity index is 649. The Morgan fingerprint density at radius 1 is 1.47 bits per heavy atom. The largest absolute Gasteiger partial charge is 0.478 e. The van der Waals surface area contributed by atoms with Gasteiger partial charge in [0, 0.05) is 13.1 Å². The van der Waals surface area contributed by atoms with E-state index in [1.165, 1.54) is 12.3 Å². The van der Waals surface area contributed by atoms with Gasteiger partial charge >= 0.3 is 5.97 Å². The van der Waals surface area contributed by atoms with E-state index in [-0.39, 0.29) is 17.1 Å². The Hall–Kier alpha value is -2.57. The third kappa shape index (κ3) is 2.35. The second kappa shape index (κ2) is 4.60. The van der Waals surface area contributed by atoms with Crippen LogP contribution < -0.4 is 10.5 Å². The fraction of sp³-hybridized carbons (Fsp3) is 0.250. The molecule has 100 valence electrons. The van der Waals surface area contributed by atoms with Gasteiger partial charge in [0.15, 0.2) is 5.75 Å². The maximum absolute atomic E-state index is 11.0. The van der Waals surface area contributed by atoms with Crippen LogP contribution in [-0.2, 0) is 7.05 Å². The van der Waals surface area contributed by atoms with E-state index < -0.39 is 5.97 Å². The van der Waals surface area contributed by atoms with Crippen LogP contribution in [0.25, 0.3) is 0 Å². The smallest absolute Gasteiger partial charge is 0.338 e. The van der Waals surface area contributed by atoms with Gasteiger partial charge in [-0.05, 0) is 13.8 Å². The zero-order valence-corrected chi connectivity index (χ0v) is 10.8. The van der Waals surface area contributed by atoms with Crippen LogP contribution in [0.1, 0.15) is 21.7 Å². The van der Waals surface area contributed by atoms with E-state index in [1.54, 1.807) is 18.7 Å². The summed E-state index contributed by atoms with van der Waals surface area (Å²) in [4.78, 5) is 14.9. The first-order valence-corrected chi connectivity index (χ1v) is 5.57. The predicted octanol–water partition coefficient (Wildman–Crippen LogP) is 1.50. The molecule has 2 rings (SSSR count). The van der Waals surface area contributed by atoms with Crippen molar-refractivity contribution in [2.24, 2.45) is 7.05 Å². The molecule has 0 amide bonds. The summed E-state index contributed by atoms with van der Waals surface area (Å²) >= 11 is 0. The van der Waals surface area contributed by atoms with Crippen molar-refractivity contribution in [2.45, 2.75) is 13.8 Å². The summed E-state index contributed by atoms with van der Waals surface area (Å²) in [5.74, 6) is -0.383. The predicted molar refractivity (Wildman–Crippen MR) is 68.4 cm³/mol. The normalized spacial score (nSPS) is 10.5. The molecule has 7 nitrogen and oxygen atoms in total. The zero-order chi connectivity index (χ0) is 14.2. The number of carbonyl (C=O) groups is 1. The molecule has 0 aliphatic carbocycles. The summed E-state index contributed by atoms with van der Waals surface area (Å²) in [5.41, 5.74) is 7.12. The Labute approximate surface area is 109 Å². The van der Waals surface area contributed by atoms with Gasteiger partial charge in [-0.2, -0.15) is 5.10 Å². The van der Waals surface area contributed by atoms with Crippen LogP contribution in [0.2, 0.25) is 0 Å². The molecule has 0 aromatic carbocycles. The molecule has 0 radical (unpaired) electrons. The molecule has 2 heterocycles. The standard InChI is InChI=1S/C12H14N4O3/c1-6-11(7(2)16(3)15-6)19-10-4-8(12(17)18)9(13)5-14-10/h4-5H,13H2,1-3H3,(H,17,18). The highest BCUT2D eigenvalue weighted by molar-refractivity contribution is 5.93. The van der Waals surface area contributed by atoms with Gasteiger partial charge in [0.25, 0.3) is 0 Å². The number of aromatic carboxylic acids is 1.